The zero-order valence-corrected chi connectivity index (χ0v) is 11.9. The molecule has 1 aliphatic heterocycles. The average Bonchev–Trinajstić information content (AvgIpc) is 2.71. The van der Waals surface area contributed by atoms with Crippen LogP contribution in [0.1, 0.15) is 18.5 Å². The Morgan fingerprint density at radius 2 is 1.87 bits per heavy atom. The van der Waals surface area contributed by atoms with E-state index in [4.69, 9.17) is 5.11 Å². The summed E-state index contributed by atoms with van der Waals surface area (Å²) in [6, 6.07) is 3.87. The van der Waals surface area contributed by atoms with Crippen LogP contribution in [0.3, 0.4) is 0 Å². The van der Waals surface area contributed by atoms with Crippen molar-refractivity contribution < 1.29 is 29.5 Å². The van der Waals surface area contributed by atoms with Gasteiger partial charge in [-0.15, -0.1) is 0 Å². The topological polar surface area (TPSA) is 138 Å². The summed E-state index contributed by atoms with van der Waals surface area (Å²) in [6.45, 7) is 0.419. The SMILES string of the molecule is CC(=O)C1=C(O)C(=O)N(CC(=O)O)C1c1ccc([N+](=O)[O-])cc1. The minimum Gasteiger partial charge on any atom is -0.503 e. The molecular formula is C14H12N2O7. The van der Waals surface area contributed by atoms with E-state index in [2.05, 4.69) is 0 Å². The highest BCUT2D eigenvalue weighted by Gasteiger charge is 2.43. The highest BCUT2D eigenvalue weighted by molar-refractivity contribution is 6.08. The predicted octanol–water partition coefficient (Wildman–Crippen LogP) is 0.964. The van der Waals surface area contributed by atoms with Crippen LogP contribution < -0.4 is 0 Å². The number of aliphatic hydroxyl groups excluding tert-OH is 1. The second-order valence-corrected chi connectivity index (χ2v) is 4.90. The van der Waals surface area contributed by atoms with Crippen molar-refractivity contribution in [2.45, 2.75) is 13.0 Å². The number of nitro benzene ring substituents is 1. The molecule has 1 aliphatic rings. The fourth-order valence-corrected chi connectivity index (χ4v) is 2.45. The minimum absolute atomic E-state index is 0.194. The van der Waals surface area contributed by atoms with Crippen molar-refractivity contribution in [1.82, 2.24) is 4.90 Å². The monoisotopic (exact) mass is 320 g/mol. The summed E-state index contributed by atoms with van der Waals surface area (Å²) in [5.74, 6) is -3.68. The second kappa shape index (κ2) is 5.87. The van der Waals surface area contributed by atoms with Crippen molar-refractivity contribution in [3.8, 4) is 0 Å². The first-order valence-corrected chi connectivity index (χ1v) is 6.45. The largest absolute Gasteiger partial charge is 0.503 e. The van der Waals surface area contributed by atoms with Crippen LogP contribution in [0, 0.1) is 10.1 Å². The molecule has 1 heterocycles. The van der Waals surface area contributed by atoms with Crippen molar-refractivity contribution in [3.05, 3.63) is 51.3 Å². The molecule has 1 unspecified atom stereocenters. The number of nitrogens with zero attached hydrogens (tertiary/aromatic N) is 2. The third kappa shape index (κ3) is 2.89. The molecule has 2 rings (SSSR count). The number of carbonyl (C=O) groups excluding carboxylic acids is 2. The van der Waals surface area contributed by atoms with E-state index >= 15 is 0 Å². The van der Waals surface area contributed by atoms with E-state index in [9.17, 15) is 29.6 Å². The zero-order valence-electron chi connectivity index (χ0n) is 11.9. The maximum Gasteiger partial charge on any atom is 0.323 e. The van der Waals surface area contributed by atoms with E-state index in [1.54, 1.807) is 0 Å². The van der Waals surface area contributed by atoms with E-state index in [1.165, 1.54) is 24.3 Å². The van der Waals surface area contributed by atoms with Crippen LogP contribution >= 0.6 is 0 Å². The number of carbonyl (C=O) groups is 3. The van der Waals surface area contributed by atoms with E-state index in [0.717, 1.165) is 11.8 Å². The number of ketones is 1. The summed E-state index contributed by atoms with van der Waals surface area (Å²) in [5, 5.41) is 29.4. The number of carboxylic acid groups (broad SMARTS) is 1. The van der Waals surface area contributed by atoms with Gasteiger partial charge in [0.2, 0.25) is 0 Å². The first kappa shape index (κ1) is 16.1. The van der Waals surface area contributed by atoms with Crippen LogP contribution in [-0.4, -0.2) is 44.2 Å². The summed E-state index contributed by atoms with van der Waals surface area (Å²) >= 11 is 0. The Balaban J connectivity index is 2.52. The minimum atomic E-state index is -1.32. The summed E-state index contributed by atoms with van der Waals surface area (Å²) in [6.07, 6.45) is 0. The van der Waals surface area contributed by atoms with Gasteiger partial charge in [-0.2, -0.15) is 0 Å². The first-order valence-electron chi connectivity index (χ1n) is 6.45. The molecule has 9 nitrogen and oxygen atoms in total. The number of non-ortho nitro benzene ring substituents is 1. The third-order valence-corrected chi connectivity index (χ3v) is 3.41. The van der Waals surface area contributed by atoms with Gasteiger partial charge in [0.15, 0.2) is 11.5 Å². The molecule has 0 saturated carbocycles. The zero-order chi connectivity index (χ0) is 17.3. The molecule has 1 aromatic carbocycles. The summed E-state index contributed by atoms with van der Waals surface area (Å²) < 4.78 is 0. The standard InChI is InChI=1S/C14H12N2O7/c1-7(17)11-12(8-2-4-9(5-3-8)16(22)23)15(6-10(18)19)14(21)13(11)20/h2-5,12,20H,6H2,1H3,(H,18,19). The molecule has 0 spiro atoms. The number of aliphatic hydroxyl groups is 1. The van der Waals surface area contributed by atoms with Crippen molar-refractivity contribution in [2.75, 3.05) is 6.54 Å². The Hall–Kier alpha value is -3.23. The maximum atomic E-state index is 12.0. The van der Waals surface area contributed by atoms with Crippen LogP contribution in [0.15, 0.2) is 35.6 Å². The first-order chi connectivity index (χ1) is 10.7. The van der Waals surface area contributed by atoms with Crippen molar-refractivity contribution in [1.29, 1.82) is 0 Å². The molecule has 1 aromatic rings. The van der Waals surface area contributed by atoms with E-state index < -0.39 is 40.9 Å². The molecule has 0 saturated heterocycles. The van der Waals surface area contributed by atoms with Gasteiger partial charge in [-0.05, 0) is 24.6 Å². The molecule has 0 aliphatic carbocycles. The number of Topliss-reactive ketones (excluding diaryl/α,β-unsaturated/α-hetero) is 1. The lowest BCUT2D eigenvalue weighted by molar-refractivity contribution is -0.384. The number of carboxylic acids is 1. The number of amides is 1. The predicted molar refractivity (Wildman–Crippen MR) is 75.5 cm³/mol. The number of benzene rings is 1. The summed E-state index contributed by atoms with van der Waals surface area (Å²) in [7, 11) is 0. The van der Waals surface area contributed by atoms with Gasteiger partial charge < -0.3 is 15.1 Å². The van der Waals surface area contributed by atoms with Gasteiger partial charge >= 0.3 is 5.97 Å². The van der Waals surface area contributed by atoms with Gasteiger partial charge in [-0.25, -0.2) is 0 Å². The Morgan fingerprint density at radius 3 is 2.30 bits per heavy atom. The molecule has 0 fully saturated rings. The molecule has 0 radical (unpaired) electrons. The van der Waals surface area contributed by atoms with Crippen LogP contribution in [0.25, 0.3) is 0 Å². The molecule has 0 bridgehead atoms. The van der Waals surface area contributed by atoms with Gasteiger partial charge in [0.25, 0.3) is 11.6 Å². The summed E-state index contributed by atoms with van der Waals surface area (Å²) in [4.78, 5) is 45.6. The Labute approximate surface area is 129 Å². The lowest BCUT2D eigenvalue weighted by atomic mass is 9.96. The Kier molecular flexibility index (Phi) is 4.12. The molecule has 2 N–H and O–H groups in total. The lowest BCUT2D eigenvalue weighted by Gasteiger charge is -2.24. The van der Waals surface area contributed by atoms with Crippen LogP contribution in [0.5, 0.6) is 0 Å². The number of hydrogen-bond donors (Lipinski definition) is 2. The fraction of sp³-hybridized carbons (Fsp3) is 0.214. The van der Waals surface area contributed by atoms with Crippen LogP contribution in [0.2, 0.25) is 0 Å². The second-order valence-electron chi connectivity index (χ2n) is 4.90. The van der Waals surface area contributed by atoms with E-state index in [-0.39, 0.29) is 11.3 Å². The molecule has 0 aromatic heterocycles. The molecule has 1 amide bonds. The molecule has 120 valence electrons. The third-order valence-electron chi connectivity index (χ3n) is 3.41. The average molecular weight is 320 g/mol. The Morgan fingerprint density at radius 1 is 1.30 bits per heavy atom. The number of rotatable bonds is 5. The molecule has 1 atom stereocenters. The number of hydrogen-bond acceptors (Lipinski definition) is 6. The number of nitro groups is 1. The molecule has 9 heteroatoms. The van der Waals surface area contributed by atoms with Gasteiger partial charge in [0.1, 0.15) is 6.54 Å². The molecular weight excluding hydrogens is 308 g/mol. The number of aliphatic carboxylic acids is 1. The van der Waals surface area contributed by atoms with Gasteiger partial charge in [0.05, 0.1) is 16.5 Å². The van der Waals surface area contributed by atoms with Crippen molar-refractivity contribution in [3.63, 3.8) is 0 Å². The maximum absolute atomic E-state index is 12.0. The van der Waals surface area contributed by atoms with Crippen molar-refractivity contribution in [2.24, 2.45) is 0 Å². The van der Waals surface area contributed by atoms with Crippen molar-refractivity contribution >= 4 is 23.3 Å². The van der Waals surface area contributed by atoms with E-state index in [0.29, 0.717) is 5.56 Å². The van der Waals surface area contributed by atoms with Crippen LogP contribution in [-0.2, 0) is 14.4 Å². The van der Waals surface area contributed by atoms with Crippen LogP contribution in [0.4, 0.5) is 5.69 Å². The quantitative estimate of drug-likeness (QED) is 0.608. The molecule has 23 heavy (non-hydrogen) atoms. The highest BCUT2D eigenvalue weighted by atomic mass is 16.6. The highest BCUT2D eigenvalue weighted by Crippen LogP contribution is 2.37. The van der Waals surface area contributed by atoms with Gasteiger partial charge in [-0.3, -0.25) is 24.5 Å². The van der Waals surface area contributed by atoms with Gasteiger partial charge in [-0.1, -0.05) is 0 Å². The van der Waals surface area contributed by atoms with Gasteiger partial charge in [0, 0.05) is 12.1 Å². The van der Waals surface area contributed by atoms with E-state index in [1.807, 2.05) is 0 Å². The fourth-order valence-electron chi connectivity index (χ4n) is 2.45. The Bertz CT molecular complexity index is 736. The summed E-state index contributed by atoms with van der Waals surface area (Å²) in [5.41, 5.74) is -0.134. The lowest BCUT2D eigenvalue weighted by Crippen LogP contribution is -2.35. The smallest absolute Gasteiger partial charge is 0.323 e. The normalized spacial score (nSPS) is 17.5.